The second kappa shape index (κ2) is 8.76. The summed E-state index contributed by atoms with van der Waals surface area (Å²) in [5, 5.41) is 5.97. The monoisotopic (exact) mass is 329 g/mol. The summed E-state index contributed by atoms with van der Waals surface area (Å²) < 4.78 is 12.8. The van der Waals surface area contributed by atoms with Crippen molar-refractivity contribution in [3.63, 3.8) is 0 Å². The van der Waals surface area contributed by atoms with E-state index in [1.807, 2.05) is 13.0 Å². The fraction of sp³-hybridized carbons (Fsp3) is 0.278. The van der Waals surface area contributed by atoms with E-state index in [0.29, 0.717) is 18.7 Å². The molecule has 0 bridgehead atoms. The Morgan fingerprint density at radius 2 is 1.83 bits per heavy atom. The zero-order chi connectivity index (χ0) is 17.4. The van der Waals surface area contributed by atoms with Gasteiger partial charge in [-0.1, -0.05) is 0 Å². The Bertz CT molecular complexity index is 702. The fourth-order valence-corrected chi connectivity index (χ4v) is 2.17. The lowest BCUT2D eigenvalue weighted by Crippen LogP contribution is -2.29. The number of aromatic nitrogens is 1. The van der Waals surface area contributed by atoms with Crippen LogP contribution in [0.4, 0.5) is 10.1 Å². The van der Waals surface area contributed by atoms with Crippen molar-refractivity contribution in [1.82, 2.24) is 10.3 Å². The number of anilines is 1. The van der Waals surface area contributed by atoms with Crippen LogP contribution in [0.2, 0.25) is 0 Å². The summed E-state index contributed by atoms with van der Waals surface area (Å²) >= 11 is 0. The molecule has 0 saturated carbocycles. The second-order valence-corrected chi connectivity index (χ2v) is 5.40. The minimum absolute atomic E-state index is 0.106. The van der Waals surface area contributed by atoms with Gasteiger partial charge >= 0.3 is 0 Å². The van der Waals surface area contributed by atoms with Crippen LogP contribution < -0.4 is 10.6 Å². The molecule has 0 saturated heterocycles. The molecule has 2 aromatic rings. The summed E-state index contributed by atoms with van der Waals surface area (Å²) in [6, 6.07) is 7.20. The molecule has 1 aromatic heterocycles. The second-order valence-electron chi connectivity index (χ2n) is 5.40. The SMILES string of the molecule is Cc1cnccc1NCCNC(=O)CCC(=O)c1ccc(F)cc1. The Morgan fingerprint density at radius 1 is 1.08 bits per heavy atom. The van der Waals surface area contributed by atoms with Gasteiger partial charge in [-0.25, -0.2) is 4.39 Å². The van der Waals surface area contributed by atoms with Crippen LogP contribution in [-0.4, -0.2) is 29.8 Å². The highest BCUT2D eigenvalue weighted by Gasteiger charge is 2.09. The first-order valence-electron chi connectivity index (χ1n) is 7.76. The summed E-state index contributed by atoms with van der Waals surface area (Å²) in [4.78, 5) is 27.7. The van der Waals surface area contributed by atoms with E-state index in [4.69, 9.17) is 0 Å². The molecule has 126 valence electrons. The molecule has 24 heavy (non-hydrogen) atoms. The zero-order valence-corrected chi connectivity index (χ0v) is 13.5. The maximum absolute atomic E-state index is 12.8. The quantitative estimate of drug-likeness (QED) is 0.577. The lowest BCUT2D eigenvalue weighted by atomic mass is 10.1. The molecule has 2 N–H and O–H groups in total. The Balaban J connectivity index is 1.65. The van der Waals surface area contributed by atoms with E-state index in [1.165, 1.54) is 24.3 Å². The van der Waals surface area contributed by atoms with E-state index in [1.54, 1.807) is 12.4 Å². The van der Waals surface area contributed by atoms with E-state index in [0.717, 1.165) is 11.3 Å². The fourth-order valence-electron chi connectivity index (χ4n) is 2.17. The minimum atomic E-state index is -0.388. The minimum Gasteiger partial charge on any atom is -0.383 e. The van der Waals surface area contributed by atoms with Gasteiger partial charge in [0.25, 0.3) is 0 Å². The van der Waals surface area contributed by atoms with Gasteiger partial charge in [0.05, 0.1) is 0 Å². The van der Waals surface area contributed by atoms with Crippen molar-refractivity contribution in [2.24, 2.45) is 0 Å². The number of hydrogen-bond acceptors (Lipinski definition) is 4. The molecule has 0 radical (unpaired) electrons. The molecule has 0 fully saturated rings. The van der Waals surface area contributed by atoms with E-state index >= 15 is 0 Å². The third-order valence-corrected chi connectivity index (χ3v) is 3.53. The van der Waals surface area contributed by atoms with Gasteiger partial charge in [0.15, 0.2) is 5.78 Å². The van der Waals surface area contributed by atoms with Gasteiger partial charge < -0.3 is 10.6 Å². The molecular formula is C18H20FN3O2. The van der Waals surface area contributed by atoms with E-state index < -0.39 is 0 Å². The number of nitrogens with zero attached hydrogens (tertiary/aromatic N) is 1. The van der Waals surface area contributed by atoms with Crippen LogP contribution in [-0.2, 0) is 4.79 Å². The zero-order valence-electron chi connectivity index (χ0n) is 13.5. The number of nitrogens with one attached hydrogen (secondary N) is 2. The first-order chi connectivity index (χ1) is 11.6. The van der Waals surface area contributed by atoms with Gasteiger partial charge in [-0.05, 0) is 42.8 Å². The average Bonchev–Trinajstić information content (AvgIpc) is 2.58. The van der Waals surface area contributed by atoms with Crippen LogP contribution in [0.5, 0.6) is 0 Å². The molecule has 2 rings (SSSR count). The predicted octanol–water partition coefficient (Wildman–Crippen LogP) is 2.72. The first-order valence-corrected chi connectivity index (χ1v) is 7.76. The molecule has 1 amide bonds. The number of rotatable bonds is 8. The molecule has 0 unspecified atom stereocenters. The number of carbonyl (C=O) groups excluding carboxylic acids is 2. The third-order valence-electron chi connectivity index (χ3n) is 3.53. The van der Waals surface area contributed by atoms with Crippen molar-refractivity contribution < 1.29 is 14.0 Å². The lowest BCUT2D eigenvalue weighted by Gasteiger charge is -2.09. The molecule has 5 nitrogen and oxygen atoms in total. The Hall–Kier alpha value is -2.76. The standard InChI is InChI=1S/C18H20FN3O2/c1-13-12-20-9-8-16(13)21-10-11-22-18(24)7-6-17(23)14-2-4-15(19)5-3-14/h2-5,8-9,12H,6-7,10-11H2,1H3,(H,20,21)(H,22,24). The Morgan fingerprint density at radius 3 is 2.54 bits per heavy atom. The molecule has 0 aliphatic heterocycles. The van der Waals surface area contributed by atoms with E-state index in [9.17, 15) is 14.0 Å². The first kappa shape index (κ1) is 17.6. The number of benzene rings is 1. The van der Waals surface area contributed by atoms with Crippen molar-refractivity contribution in [2.75, 3.05) is 18.4 Å². The number of amides is 1. The van der Waals surface area contributed by atoms with Gasteiger partial charge in [-0.15, -0.1) is 0 Å². The topological polar surface area (TPSA) is 71.1 Å². The maximum atomic E-state index is 12.8. The number of Topliss-reactive ketones (excluding diaryl/α,β-unsaturated/α-hetero) is 1. The molecule has 1 heterocycles. The van der Waals surface area contributed by atoms with Crippen LogP contribution in [0, 0.1) is 12.7 Å². The van der Waals surface area contributed by atoms with Crippen molar-refractivity contribution >= 4 is 17.4 Å². The largest absolute Gasteiger partial charge is 0.383 e. The smallest absolute Gasteiger partial charge is 0.220 e. The number of pyridine rings is 1. The average molecular weight is 329 g/mol. The van der Waals surface area contributed by atoms with E-state index in [-0.39, 0.29) is 30.3 Å². The lowest BCUT2D eigenvalue weighted by molar-refractivity contribution is -0.120. The number of ketones is 1. The number of carbonyl (C=O) groups is 2. The number of aryl methyl sites for hydroxylation is 1. The van der Waals surface area contributed by atoms with E-state index in [2.05, 4.69) is 15.6 Å². The van der Waals surface area contributed by atoms with Gasteiger partial charge in [0.1, 0.15) is 5.82 Å². The summed E-state index contributed by atoms with van der Waals surface area (Å²) in [6.07, 6.45) is 3.69. The van der Waals surface area contributed by atoms with Crippen LogP contribution in [0.25, 0.3) is 0 Å². The van der Waals surface area contributed by atoms with Gasteiger partial charge in [0, 0.05) is 49.6 Å². The van der Waals surface area contributed by atoms with Crippen LogP contribution in [0.15, 0.2) is 42.7 Å². The summed E-state index contributed by atoms with van der Waals surface area (Å²) in [6.45, 7) is 3.00. The summed E-state index contributed by atoms with van der Waals surface area (Å²) in [5.74, 6) is -0.740. The van der Waals surface area contributed by atoms with Gasteiger partial charge in [-0.3, -0.25) is 14.6 Å². The predicted molar refractivity (Wildman–Crippen MR) is 90.4 cm³/mol. The highest BCUT2D eigenvalue weighted by molar-refractivity contribution is 5.97. The molecule has 0 spiro atoms. The van der Waals surface area contributed by atoms with Crippen LogP contribution in [0.3, 0.4) is 0 Å². The Kier molecular flexibility index (Phi) is 6.42. The van der Waals surface area contributed by atoms with Crippen molar-refractivity contribution in [2.45, 2.75) is 19.8 Å². The van der Waals surface area contributed by atoms with Crippen molar-refractivity contribution in [1.29, 1.82) is 0 Å². The third kappa shape index (κ3) is 5.46. The molecule has 0 aliphatic carbocycles. The summed E-state index contributed by atoms with van der Waals surface area (Å²) in [5.41, 5.74) is 2.43. The van der Waals surface area contributed by atoms with Crippen LogP contribution >= 0.6 is 0 Å². The Labute approximate surface area is 140 Å². The highest BCUT2D eigenvalue weighted by atomic mass is 19.1. The maximum Gasteiger partial charge on any atom is 0.220 e. The number of hydrogen-bond donors (Lipinski definition) is 2. The molecular weight excluding hydrogens is 309 g/mol. The van der Waals surface area contributed by atoms with Crippen molar-refractivity contribution in [3.05, 3.63) is 59.7 Å². The van der Waals surface area contributed by atoms with Gasteiger partial charge in [-0.2, -0.15) is 0 Å². The molecule has 0 atom stereocenters. The van der Waals surface area contributed by atoms with Crippen LogP contribution in [0.1, 0.15) is 28.8 Å². The highest BCUT2D eigenvalue weighted by Crippen LogP contribution is 2.10. The normalized spacial score (nSPS) is 10.2. The van der Waals surface area contributed by atoms with Crippen molar-refractivity contribution in [3.8, 4) is 0 Å². The molecule has 1 aromatic carbocycles. The molecule has 0 aliphatic rings. The van der Waals surface area contributed by atoms with Gasteiger partial charge in [0.2, 0.25) is 5.91 Å². The number of halogens is 1. The summed E-state index contributed by atoms with van der Waals surface area (Å²) in [7, 11) is 0. The molecule has 6 heteroatoms.